The first-order valence-corrected chi connectivity index (χ1v) is 7.40. The maximum Gasteiger partial charge on any atom is 0.331 e. The number of rotatable bonds is 5. The van der Waals surface area contributed by atoms with Crippen LogP contribution < -0.4 is 10.1 Å². The number of carbonyl (C=O) groups excluding carboxylic acids is 2. The summed E-state index contributed by atoms with van der Waals surface area (Å²) in [7, 11) is 2.92. The van der Waals surface area contributed by atoms with Gasteiger partial charge in [-0.05, 0) is 25.0 Å². The first-order chi connectivity index (χ1) is 10.4. The third-order valence-electron chi connectivity index (χ3n) is 3.26. The number of para-hydroxylation sites is 1. The van der Waals surface area contributed by atoms with Crippen LogP contribution in [-0.2, 0) is 14.3 Å². The predicted octanol–water partition coefficient (Wildman–Crippen LogP) is 3.20. The van der Waals surface area contributed by atoms with Gasteiger partial charge in [-0.15, -0.1) is 0 Å². The van der Waals surface area contributed by atoms with Crippen molar-refractivity contribution < 1.29 is 19.1 Å². The van der Waals surface area contributed by atoms with Crippen LogP contribution in [0.3, 0.4) is 0 Å². The number of hydrogen-bond acceptors (Lipinski definition) is 4. The number of benzene rings is 1. The predicted molar refractivity (Wildman–Crippen MR) is 87.1 cm³/mol. The molecule has 1 rings (SSSR count). The molecule has 1 aromatic carbocycles. The Hall–Kier alpha value is -1.75. The smallest absolute Gasteiger partial charge is 0.331 e. The van der Waals surface area contributed by atoms with Gasteiger partial charge < -0.3 is 14.8 Å². The molecule has 0 aliphatic rings. The molecule has 0 saturated carbocycles. The van der Waals surface area contributed by atoms with Crippen molar-refractivity contribution in [1.82, 2.24) is 5.32 Å². The number of carbonyl (C=O) groups is 2. The maximum atomic E-state index is 11.4. The molecule has 0 heterocycles. The van der Waals surface area contributed by atoms with Crippen LogP contribution in [0.25, 0.3) is 0 Å². The zero-order chi connectivity index (χ0) is 17.2. The average Bonchev–Trinajstić information content (AvgIpc) is 2.52. The second-order valence-electron chi connectivity index (χ2n) is 4.60. The summed E-state index contributed by atoms with van der Waals surface area (Å²) in [4.78, 5) is 22.3. The molecule has 0 aromatic heterocycles. The Morgan fingerprint density at radius 1 is 1.18 bits per heavy atom. The van der Waals surface area contributed by atoms with Gasteiger partial charge in [-0.25, -0.2) is 4.79 Å². The largest absolute Gasteiger partial charge is 0.495 e. The van der Waals surface area contributed by atoms with E-state index >= 15 is 0 Å². The molecule has 0 radical (unpaired) electrons. The fraction of sp³-hybridized carbons (Fsp3) is 0.500. The van der Waals surface area contributed by atoms with Gasteiger partial charge in [0.05, 0.1) is 19.2 Å². The molecule has 0 unspecified atom stereocenters. The van der Waals surface area contributed by atoms with Crippen LogP contribution in [-0.4, -0.2) is 31.6 Å². The molecule has 22 heavy (non-hydrogen) atoms. The van der Waals surface area contributed by atoms with E-state index in [4.69, 9.17) is 16.3 Å². The van der Waals surface area contributed by atoms with E-state index in [9.17, 15) is 9.59 Å². The fourth-order valence-corrected chi connectivity index (χ4v) is 2.12. The van der Waals surface area contributed by atoms with Crippen LogP contribution in [0.2, 0.25) is 5.02 Å². The maximum absolute atomic E-state index is 11.4. The van der Waals surface area contributed by atoms with Crippen molar-refractivity contribution in [3.05, 3.63) is 29.3 Å². The molecule has 1 amide bonds. The third-order valence-corrected chi connectivity index (χ3v) is 3.57. The van der Waals surface area contributed by atoms with E-state index in [1.54, 1.807) is 13.2 Å². The summed E-state index contributed by atoms with van der Waals surface area (Å²) in [5.41, 5.74) is -0.847. The second kappa shape index (κ2) is 10.1. The van der Waals surface area contributed by atoms with Gasteiger partial charge in [-0.2, -0.15) is 0 Å². The van der Waals surface area contributed by atoms with Crippen molar-refractivity contribution >= 4 is 23.5 Å². The van der Waals surface area contributed by atoms with Crippen molar-refractivity contribution in [2.45, 2.75) is 39.2 Å². The Kier molecular flexibility index (Phi) is 9.26. The number of ether oxygens (including phenoxy) is 2. The Morgan fingerprint density at radius 2 is 1.73 bits per heavy atom. The van der Waals surface area contributed by atoms with Crippen LogP contribution in [0.15, 0.2) is 24.3 Å². The lowest BCUT2D eigenvalue weighted by Crippen LogP contribution is -2.53. The normalized spacial score (nSPS) is 10.1. The van der Waals surface area contributed by atoms with Crippen molar-refractivity contribution in [2.24, 2.45) is 0 Å². The molecular formula is C16H24ClNO4. The molecule has 0 bridgehead atoms. The van der Waals surface area contributed by atoms with Crippen LogP contribution in [0.1, 0.15) is 33.6 Å². The van der Waals surface area contributed by atoms with E-state index in [1.165, 1.54) is 14.0 Å². The first-order valence-electron chi connectivity index (χ1n) is 7.02. The van der Waals surface area contributed by atoms with E-state index in [0.717, 1.165) is 5.75 Å². The van der Waals surface area contributed by atoms with Gasteiger partial charge in [0.2, 0.25) is 5.91 Å². The number of halogens is 1. The van der Waals surface area contributed by atoms with Crippen LogP contribution in [0, 0.1) is 0 Å². The molecule has 0 saturated heterocycles. The SMILES string of the molecule is CCC(CC)(NC(C)=O)C(=O)OC.COc1ccccc1Cl. The summed E-state index contributed by atoms with van der Waals surface area (Å²) in [5.74, 6) is 0.126. The number of esters is 1. The summed E-state index contributed by atoms with van der Waals surface area (Å²) in [6.45, 7) is 5.08. The minimum atomic E-state index is -0.847. The molecular weight excluding hydrogens is 306 g/mol. The zero-order valence-electron chi connectivity index (χ0n) is 13.7. The number of hydrogen-bond donors (Lipinski definition) is 1. The molecule has 0 spiro atoms. The summed E-state index contributed by atoms with van der Waals surface area (Å²) in [6, 6.07) is 7.36. The first kappa shape index (κ1) is 20.2. The van der Waals surface area contributed by atoms with E-state index in [1.807, 2.05) is 32.0 Å². The van der Waals surface area contributed by atoms with Crippen molar-refractivity contribution in [3.63, 3.8) is 0 Å². The Balaban J connectivity index is 0.000000425. The van der Waals surface area contributed by atoms with Gasteiger partial charge in [0.25, 0.3) is 0 Å². The van der Waals surface area contributed by atoms with Crippen molar-refractivity contribution in [2.75, 3.05) is 14.2 Å². The number of nitrogens with one attached hydrogen (secondary N) is 1. The van der Waals surface area contributed by atoms with Gasteiger partial charge in [0, 0.05) is 6.92 Å². The summed E-state index contributed by atoms with van der Waals surface area (Å²) < 4.78 is 9.56. The Morgan fingerprint density at radius 3 is 2.05 bits per heavy atom. The van der Waals surface area contributed by atoms with Gasteiger partial charge >= 0.3 is 5.97 Å². The van der Waals surface area contributed by atoms with Gasteiger partial charge in [0.1, 0.15) is 11.3 Å². The molecule has 1 aromatic rings. The summed E-state index contributed by atoms with van der Waals surface area (Å²) in [6.07, 6.45) is 1.07. The van der Waals surface area contributed by atoms with Crippen LogP contribution in [0.5, 0.6) is 5.75 Å². The molecule has 0 fully saturated rings. The fourth-order valence-electron chi connectivity index (χ4n) is 1.91. The quantitative estimate of drug-likeness (QED) is 0.842. The van der Waals surface area contributed by atoms with E-state index in [0.29, 0.717) is 17.9 Å². The van der Waals surface area contributed by atoms with Crippen LogP contribution in [0.4, 0.5) is 0 Å². The molecule has 6 heteroatoms. The molecule has 0 aliphatic carbocycles. The highest BCUT2D eigenvalue weighted by Gasteiger charge is 2.36. The molecule has 0 atom stereocenters. The van der Waals surface area contributed by atoms with E-state index in [-0.39, 0.29) is 11.9 Å². The lowest BCUT2D eigenvalue weighted by molar-refractivity contribution is -0.151. The lowest BCUT2D eigenvalue weighted by atomic mass is 9.93. The molecule has 5 nitrogen and oxygen atoms in total. The third kappa shape index (κ3) is 5.93. The van der Waals surface area contributed by atoms with E-state index in [2.05, 4.69) is 10.1 Å². The zero-order valence-corrected chi connectivity index (χ0v) is 14.5. The monoisotopic (exact) mass is 329 g/mol. The summed E-state index contributed by atoms with van der Waals surface area (Å²) >= 11 is 5.70. The second-order valence-corrected chi connectivity index (χ2v) is 5.00. The standard InChI is InChI=1S/C9H17NO3.C7H7ClO/c1-5-9(6-2,8(12)13-4)10-7(3)11;1-9-7-5-3-2-4-6(7)8/h5-6H2,1-4H3,(H,10,11);2-5H,1H3. The van der Waals surface area contributed by atoms with Gasteiger partial charge in [-0.3, -0.25) is 4.79 Å². The van der Waals surface area contributed by atoms with Crippen molar-refractivity contribution in [1.29, 1.82) is 0 Å². The summed E-state index contributed by atoms with van der Waals surface area (Å²) in [5, 5.41) is 3.28. The topological polar surface area (TPSA) is 64.6 Å². The molecule has 124 valence electrons. The molecule has 1 N–H and O–H groups in total. The minimum Gasteiger partial charge on any atom is -0.495 e. The lowest BCUT2D eigenvalue weighted by Gasteiger charge is -2.28. The molecule has 0 aliphatic heterocycles. The minimum absolute atomic E-state index is 0.214. The van der Waals surface area contributed by atoms with E-state index < -0.39 is 5.54 Å². The van der Waals surface area contributed by atoms with Crippen molar-refractivity contribution in [3.8, 4) is 5.75 Å². The highest BCUT2D eigenvalue weighted by molar-refractivity contribution is 6.32. The Labute approximate surface area is 136 Å². The number of methoxy groups -OCH3 is 2. The van der Waals surface area contributed by atoms with Crippen LogP contribution >= 0.6 is 11.6 Å². The Bertz CT molecular complexity index is 487. The van der Waals surface area contributed by atoms with Gasteiger partial charge in [0.15, 0.2) is 0 Å². The average molecular weight is 330 g/mol. The number of amides is 1. The highest BCUT2D eigenvalue weighted by Crippen LogP contribution is 2.21. The van der Waals surface area contributed by atoms with Gasteiger partial charge in [-0.1, -0.05) is 37.6 Å². The highest BCUT2D eigenvalue weighted by atomic mass is 35.5.